The summed E-state index contributed by atoms with van der Waals surface area (Å²) in [5, 5.41) is 13.0. The molecule has 1 unspecified atom stereocenters. The molecule has 2 aromatic rings. The first kappa shape index (κ1) is 17.2. The lowest BCUT2D eigenvalue weighted by Crippen LogP contribution is -2.41. The lowest BCUT2D eigenvalue weighted by Gasteiger charge is -2.25. The highest BCUT2D eigenvalue weighted by Crippen LogP contribution is 2.24. The van der Waals surface area contributed by atoms with Crippen molar-refractivity contribution in [1.82, 2.24) is 5.32 Å². The molecule has 3 nitrogen and oxygen atoms in total. The van der Waals surface area contributed by atoms with Crippen LogP contribution in [-0.4, -0.2) is 17.6 Å². The van der Waals surface area contributed by atoms with Gasteiger partial charge in [-0.2, -0.15) is 0 Å². The van der Waals surface area contributed by atoms with Crippen molar-refractivity contribution in [1.29, 1.82) is 0 Å². The normalized spacial score (nSPS) is 12.7. The van der Waals surface area contributed by atoms with E-state index >= 15 is 0 Å². The molecule has 2 N–H and O–H groups in total. The summed E-state index contributed by atoms with van der Waals surface area (Å²) in [5.74, 6) is -0.545. The minimum absolute atomic E-state index is 0.133. The van der Waals surface area contributed by atoms with Gasteiger partial charge in [-0.3, -0.25) is 4.79 Å². The van der Waals surface area contributed by atoms with E-state index in [-0.39, 0.29) is 18.3 Å². The van der Waals surface area contributed by atoms with Crippen molar-refractivity contribution in [3.05, 3.63) is 71.0 Å². The van der Waals surface area contributed by atoms with E-state index in [2.05, 4.69) is 5.32 Å². The molecule has 1 atom stereocenters. The third-order valence-corrected chi connectivity index (χ3v) is 4.14. The first-order chi connectivity index (χ1) is 10.8. The minimum Gasteiger partial charge on any atom is -0.387 e. The zero-order valence-corrected chi connectivity index (χ0v) is 13.6. The predicted octanol–water partition coefficient (Wildman–Crippen LogP) is 3.26. The summed E-state index contributed by atoms with van der Waals surface area (Å²) in [6, 6.07) is 13.4. The maximum absolute atomic E-state index is 13.0. The smallest absolute Gasteiger partial charge is 0.230 e. The lowest BCUT2D eigenvalue weighted by atomic mass is 9.83. The zero-order valence-electron chi connectivity index (χ0n) is 13.6. The minimum atomic E-state index is -0.806. The predicted molar refractivity (Wildman–Crippen MR) is 88.6 cm³/mol. The summed E-state index contributed by atoms with van der Waals surface area (Å²) in [4.78, 5) is 12.5. The maximum atomic E-state index is 13.0. The fourth-order valence-electron chi connectivity index (χ4n) is 2.48. The van der Waals surface area contributed by atoms with Gasteiger partial charge in [0.05, 0.1) is 11.5 Å². The largest absolute Gasteiger partial charge is 0.387 e. The number of aryl methyl sites for hydroxylation is 1. The van der Waals surface area contributed by atoms with Gasteiger partial charge in [0.2, 0.25) is 5.91 Å². The average Bonchev–Trinajstić information content (AvgIpc) is 2.53. The first-order valence-electron chi connectivity index (χ1n) is 7.60. The Kier molecular flexibility index (Phi) is 5.16. The molecule has 1 amide bonds. The summed E-state index contributed by atoms with van der Waals surface area (Å²) < 4.78 is 13.0. The fourth-order valence-corrected chi connectivity index (χ4v) is 2.48. The molecule has 4 heteroatoms. The van der Waals surface area contributed by atoms with E-state index in [4.69, 9.17) is 0 Å². The molecule has 0 radical (unpaired) electrons. The number of carbonyl (C=O) groups is 1. The summed E-state index contributed by atoms with van der Waals surface area (Å²) >= 11 is 0. The first-order valence-corrected chi connectivity index (χ1v) is 7.60. The Morgan fingerprint density at radius 2 is 1.78 bits per heavy atom. The van der Waals surface area contributed by atoms with Gasteiger partial charge in [0.25, 0.3) is 0 Å². The van der Waals surface area contributed by atoms with E-state index in [1.54, 1.807) is 26.0 Å². The lowest BCUT2D eigenvalue weighted by molar-refractivity contribution is -0.126. The van der Waals surface area contributed by atoms with Crippen LogP contribution in [0.15, 0.2) is 48.5 Å². The van der Waals surface area contributed by atoms with Crippen LogP contribution < -0.4 is 5.32 Å². The number of hydrogen-bond donors (Lipinski definition) is 2. The SMILES string of the molecule is Cc1ccccc1C(O)CNC(=O)C(C)(C)c1ccc(F)cc1. The van der Waals surface area contributed by atoms with Crippen molar-refractivity contribution in [3.8, 4) is 0 Å². The second kappa shape index (κ2) is 6.92. The Balaban J connectivity index is 2.04. The van der Waals surface area contributed by atoms with Crippen LogP contribution in [0.4, 0.5) is 4.39 Å². The number of hydrogen-bond acceptors (Lipinski definition) is 2. The van der Waals surface area contributed by atoms with Crippen LogP contribution >= 0.6 is 0 Å². The molecule has 0 heterocycles. The van der Waals surface area contributed by atoms with E-state index in [0.717, 1.165) is 16.7 Å². The van der Waals surface area contributed by atoms with Gasteiger partial charge in [-0.1, -0.05) is 36.4 Å². The fraction of sp³-hybridized carbons (Fsp3) is 0.316. The van der Waals surface area contributed by atoms with Crippen LogP contribution in [0, 0.1) is 12.7 Å². The number of aliphatic hydroxyl groups is 1. The van der Waals surface area contributed by atoms with E-state index in [0.29, 0.717) is 0 Å². The molecule has 2 rings (SSSR count). The maximum Gasteiger partial charge on any atom is 0.230 e. The number of benzene rings is 2. The Morgan fingerprint density at radius 3 is 2.39 bits per heavy atom. The number of carbonyl (C=O) groups excluding carboxylic acids is 1. The molecule has 0 aliphatic carbocycles. The molecule has 0 spiro atoms. The molecule has 0 aromatic heterocycles. The summed E-state index contributed by atoms with van der Waals surface area (Å²) in [7, 11) is 0. The topological polar surface area (TPSA) is 49.3 Å². The van der Waals surface area contributed by atoms with Crippen LogP contribution in [0.3, 0.4) is 0 Å². The van der Waals surface area contributed by atoms with Crippen molar-refractivity contribution < 1.29 is 14.3 Å². The van der Waals surface area contributed by atoms with Crippen molar-refractivity contribution >= 4 is 5.91 Å². The quantitative estimate of drug-likeness (QED) is 0.890. The summed E-state index contributed by atoms with van der Waals surface area (Å²) in [6.07, 6.45) is -0.760. The molecular weight excluding hydrogens is 293 g/mol. The molecule has 0 bridgehead atoms. The molecule has 0 fully saturated rings. The highest BCUT2D eigenvalue weighted by molar-refractivity contribution is 5.87. The molecule has 0 saturated heterocycles. The van der Waals surface area contributed by atoms with Crippen LogP contribution in [0.25, 0.3) is 0 Å². The molecule has 0 aliphatic rings. The Bertz CT molecular complexity index is 680. The summed E-state index contributed by atoms with van der Waals surface area (Å²) in [5.41, 5.74) is 1.69. The van der Waals surface area contributed by atoms with Gasteiger partial charge < -0.3 is 10.4 Å². The number of amides is 1. The highest BCUT2D eigenvalue weighted by Gasteiger charge is 2.30. The standard InChI is InChI=1S/C19H22FNO2/c1-13-6-4-5-7-16(13)17(22)12-21-18(23)19(2,3)14-8-10-15(20)11-9-14/h4-11,17,22H,12H2,1-3H3,(H,21,23). The van der Waals surface area contributed by atoms with Gasteiger partial charge in [-0.15, -0.1) is 0 Å². The van der Waals surface area contributed by atoms with E-state index < -0.39 is 11.5 Å². The number of halogens is 1. The monoisotopic (exact) mass is 315 g/mol. The molecule has 23 heavy (non-hydrogen) atoms. The molecule has 122 valence electrons. The molecule has 0 aliphatic heterocycles. The second-order valence-electron chi connectivity index (χ2n) is 6.21. The Labute approximate surface area is 136 Å². The average molecular weight is 315 g/mol. The zero-order chi connectivity index (χ0) is 17.0. The van der Waals surface area contributed by atoms with Crippen LogP contribution in [0.2, 0.25) is 0 Å². The molecule has 0 saturated carbocycles. The number of aliphatic hydroxyl groups excluding tert-OH is 1. The molecule has 2 aromatic carbocycles. The highest BCUT2D eigenvalue weighted by atomic mass is 19.1. The van der Waals surface area contributed by atoms with Crippen molar-refractivity contribution in [2.75, 3.05) is 6.54 Å². The van der Waals surface area contributed by atoms with Gasteiger partial charge >= 0.3 is 0 Å². The van der Waals surface area contributed by atoms with Gasteiger partial charge in [-0.25, -0.2) is 4.39 Å². The van der Waals surface area contributed by atoms with Crippen LogP contribution in [0.1, 0.15) is 36.6 Å². The van der Waals surface area contributed by atoms with Crippen molar-refractivity contribution in [2.24, 2.45) is 0 Å². The van der Waals surface area contributed by atoms with Crippen molar-refractivity contribution in [2.45, 2.75) is 32.3 Å². The summed E-state index contributed by atoms with van der Waals surface area (Å²) in [6.45, 7) is 5.60. The van der Waals surface area contributed by atoms with Crippen LogP contribution in [-0.2, 0) is 10.2 Å². The van der Waals surface area contributed by atoms with Crippen LogP contribution in [0.5, 0.6) is 0 Å². The Hall–Kier alpha value is -2.20. The van der Waals surface area contributed by atoms with Gasteiger partial charge in [-0.05, 0) is 49.6 Å². The Morgan fingerprint density at radius 1 is 1.17 bits per heavy atom. The van der Waals surface area contributed by atoms with E-state index in [1.807, 2.05) is 31.2 Å². The number of nitrogens with one attached hydrogen (secondary N) is 1. The van der Waals surface area contributed by atoms with Gasteiger partial charge in [0.15, 0.2) is 0 Å². The molecular formula is C19H22FNO2. The second-order valence-corrected chi connectivity index (χ2v) is 6.21. The number of rotatable bonds is 5. The third kappa shape index (κ3) is 3.96. The van der Waals surface area contributed by atoms with Gasteiger partial charge in [0, 0.05) is 6.54 Å². The van der Waals surface area contributed by atoms with Crippen molar-refractivity contribution in [3.63, 3.8) is 0 Å². The third-order valence-electron chi connectivity index (χ3n) is 4.14. The van der Waals surface area contributed by atoms with Gasteiger partial charge in [0.1, 0.15) is 5.82 Å². The van der Waals surface area contributed by atoms with E-state index in [1.165, 1.54) is 12.1 Å². The van der Waals surface area contributed by atoms with E-state index in [9.17, 15) is 14.3 Å².